The molecule has 1 saturated carbocycles. The van der Waals surface area contributed by atoms with Crippen LogP contribution in [0.2, 0.25) is 0 Å². The third-order valence-corrected chi connectivity index (χ3v) is 5.44. The van der Waals surface area contributed by atoms with Gasteiger partial charge in [0.15, 0.2) is 11.6 Å². The maximum atomic E-state index is 13.5. The summed E-state index contributed by atoms with van der Waals surface area (Å²) in [5.74, 6) is -0.159. The summed E-state index contributed by atoms with van der Waals surface area (Å²) in [5, 5.41) is 10.3. The first-order valence-corrected chi connectivity index (χ1v) is 8.66. The number of fused-ring (bicyclic) bond motifs is 2. The monoisotopic (exact) mass is 322 g/mol. The van der Waals surface area contributed by atoms with Crippen LogP contribution in [0.1, 0.15) is 40.0 Å². The molecule has 128 valence electrons. The van der Waals surface area contributed by atoms with Gasteiger partial charge in [0.2, 0.25) is 0 Å². The molecule has 1 heterocycles. The quantitative estimate of drug-likeness (QED) is 0.870. The topological polar surface area (TPSA) is 33.9 Å². The van der Waals surface area contributed by atoms with E-state index in [1.165, 1.54) is 30.2 Å². The minimum atomic E-state index is -0.560. The average molecular weight is 322 g/mol. The average Bonchev–Trinajstić information content (AvgIpc) is 2.66. The van der Waals surface area contributed by atoms with E-state index in [9.17, 15) is 9.50 Å². The fourth-order valence-electron chi connectivity index (χ4n) is 5.10. The number of para-hydroxylation sites is 1. The Morgan fingerprint density at radius 1 is 1.30 bits per heavy atom. The van der Waals surface area contributed by atoms with E-state index in [1.807, 2.05) is 0 Å². The highest BCUT2D eigenvalue weighted by Crippen LogP contribution is 2.47. The summed E-state index contributed by atoms with van der Waals surface area (Å²) in [4.78, 5) is 1.49. The van der Waals surface area contributed by atoms with Crippen LogP contribution in [0.25, 0.3) is 0 Å². The van der Waals surface area contributed by atoms with Crippen LogP contribution >= 0.6 is 0 Å². The minimum absolute atomic E-state index is 0.150. The highest BCUT2D eigenvalue weighted by molar-refractivity contribution is 5.23. The number of aliphatic hydroxyl groups excluding tert-OH is 1. The minimum Gasteiger partial charge on any atom is -0.488 e. The summed E-state index contributed by atoms with van der Waals surface area (Å²) < 4.78 is 19.0. The summed E-state index contributed by atoms with van der Waals surface area (Å²) >= 11 is 0. The maximum Gasteiger partial charge on any atom is 0.165 e. The Hall–Kier alpha value is -1.13. The van der Waals surface area contributed by atoms with Gasteiger partial charge < -0.3 is 14.7 Å². The second-order valence-corrected chi connectivity index (χ2v) is 8.69. The van der Waals surface area contributed by atoms with Crippen molar-refractivity contribution < 1.29 is 19.1 Å². The van der Waals surface area contributed by atoms with E-state index in [-0.39, 0.29) is 18.2 Å². The lowest BCUT2D eigenvalue weighted by molar-refractivity contribution is -0.917. The molecule has 2 aliphatic rings. The first kappa shape index (κ1) is 16.7. The van der Waals surface area contributed by atoms with Gasteiger partial charge >= 0.3 is 0 Å². The number of halogens is 1. The van der Waals surface area contributed by atoms with Gasteiger partial charge in [-0.2, -0.15) is 0 Å². The van der Waals surface area contributed by atoms with Crippen molar-refractivity contribution in [2.45, 2.75) is 52.2 Å². The highest BCUT2D eigenvalue weighted by Gasteiger charge is 2.52. The number of aliphatic hydroxyl groups is 1. The number of hydrogen-bond acceptors (Lipinski definition) is 2. The molecule has 1 aromatic carbocycles. The Kier molecular flexibility index (Phi) is 4.41. The Morgan fingerprint density at radius 3 is 2.78 bits per heavy atom. The molecule has 2 bridgehead atoms. The summed E-state index contributed by atoms with van der Waals surface area (Å²) in [6, 6.07) is 6.98. The van der Waals surface area contributed by atoms with Crippen molar-refractivity contribution in [3.63, 3.8) is 0 Å². The van der Waals surface area contributed by atoms with Gasteiger partial charge in [-0.15, -0.1) is 0 Å². The van der Waals surface area contributed by atoms with Crippen LogP contribution < -0.4 is 9.64 Å². The van der Waals surface area contributed by atoms with Crippen molar-refractivity contribution >= 4 is 0 Å². The molecule has 0 spiro atoms. The van der Waals surface area contributed by atoms with Crippen LogP contribution in [-0.2, 0) is 0 Å². The molecule has 1 unspecified atom stereocenters. The van der Waals surface area contributed by atoms with Gasteiger partial charge in [-0.05, 0) is 24.0 Å². The van der Waals surface area contributed by atoms with Crippen LogP contribution in [0.3, 0.4) is 0 Å². The molecule has 0 amide bonds. The molecule has 3 rings (SSSR count). The van der Waals surface area contributed by atoms with Crippen molar-refractivity contribution in [1.29, 1.82) is 0 Å². The first-order valence-electron chi connectivity index (χ1n) is 8.66. The zero-order valence-electron chi connectivity index (χ0n) is 14.4. The Balaban J connectivity index is 1.55. The van der Waals surface area contributed by atoms with Gasteiger partial charge in [-0.3, -0.25) is 0 Å². The predicted molar refractivity (Wildman–Crippen MR) is 88.1 cm³/mol. The maximum absolute atomic E-state index is 13.5. The van der Waals surface area contributed by atoms with Crippen molar-refractivity contribution in [3.05, 3.63) is 30.1 Å². The zero-order valence-corrected chi connectivity index (χ0v) is 14.4. The predicted octanol–water partition coefficient (Wildman–Crippen LogP) is 2.05. The number of benzene rings is 1. The van der Waals surface area contributed by atoms with Gasteiger partial charge in [0.05, 0.1) is 12.6 Å². The second kappa shape index (κ2) is 6.06. The summed E-state index contributed by atoms with van der Waals surface area (Å²) in [6.45, 7) is 9.06. The van der Waals surface area contributed by atoms with Gasteiger partial charge in [0.1, 0.15) is 19.3 Å². The van der Waals surface area contributed by atoms with E-state index in [4.69, 9.17) is 4.74 Å². The molecule has 1 aliphatic carbocycles. The standard InChI is InChI=1S/C19H28FNO2/c1-18(2)8-14-9-19(3,12-18)13-21(14)10-15(22)11-23-17-7-5-4-6-16(17)20/h4-7,14-15,22H,8-13H2,1-3H3/p+1/t14-,15+,19-/m0/s1. The van der Waals surface area contributed by atoms with Crippen LogP contribution in [0.15, 0.2) is 24.3 Å². The molecule has 4 heteroatoms. The lowest BCUT2D eigenvalue weighted by Crippen LogP contribution is -3.15. The number of rotatable bonds is 5. The van der Waals surface area contributed by atoms with Crippen molar-refractivity contribution in [1.82, 2.24) is 0 Å². The highest BCUT2D eigenvalue weighted by atomic mass is 19.1. The Bertz CT molecular complexity index is 562. The fourth-order valence-corrected chi connectivity index (χ4v) is 5.10. The van der Waals surface area contributed by atoms with Crippen LogP contribution in [0.4, 0.5) is 4.39 Å². The van der Waals surface area contributed by atoms with Crippen molar-refractivity contribution in [2.24, 2.45) is 10.8 Å². The molecule has 2 N–H and O–H groups in total. The number of hydrogen-bond donors (Lipinski definition) is 2. The Labute approximate surface area is 138 Å². The van der Waals surface area contributed by atoms with E-state index in [1.54, 1.807) is 18.2 Å². The van der Waals surface area contributed by atoms with Crippen molar-refractivity contribution in [3.8, 4) is 5.75 Å². The van der Waals surface area contributed by atoms with E-state index in [2.05, 4.69) is 20.8 Å². The Morgan fingerprint density at radius 2 is 2.04 bits per heavy atom. The van der Waals surface area contributed by atoms with Crippen LogP contribution in [-0.4, -0.2) is 36.9 Å². The van der Waals surface area contributed by atoms with Crippen molar-refractivity contribution in [2.75, 3.05) is 19.7 Å². The van der Waals surface area contributed by atoms with Gasteiger partial charge in [0.25, 0.3) is 0 Å². The van der Waals surface area contributed by atoms with E-state index < -0.39 is 6.10 Å². The largest absolute Gasteiger partial charge is 0.488 e. The zero-order chi connectivity index (χ0) is 16.7. The normalized spacial score (nSPS) is 33.4. The van der Waals surface area contributed by atoms with E-state index >= 15 is 0 Å². The van der Waals surface area contributed by atoms with E-state index in [0.29, 0.717) is 23.4 Å². The molecule has 3 nitrogen and oxygen atoms in total. The third kappa shape index (κ3) is 3.86. The molecule has 1 saturated heterocycles. The third-order valence-electron chi connectivity index (χ3n) is 5.44. The molecule has 0 aromatic heterocycles. The molecular formula is C19H29FNO2+. The molecule has 1 aromatic rings. The van der Waals surface area contributed by atoms with Crippen LogP contribution in [0.5, 0.6) is 5.75 Å². The molecule has 4 atom stereocenters. The lowest BCUT2D eigenvalue weighted by atomic mass is 9.65. The number of likely N-dealkylation sites (tertiary alicyclic amines) is 1. The number of quaternary nitrogens is 1. The molecule has 23 heavy (non-hydrogen) atoms. The SMILES string of the molecule is CC1(C)C[C@H]2C[C@](C)(C[NH+]2C[C@@H](O)COc2ccccc2F)C1. The smallest absolute Gasteiger partial charge is 0.165 e. The van der Waals surface area contributed by atoms with Gasteiger partial charge in [0, 0.05) is 18.3 Å². The fraction of sp³-hybridized carbons (Fsp3) is 0.684. The summed E-state index contributed by atoms with van der Waals surface area (Å²) in [6.07, 6.45) is 3.18. The summed E-state index contributed by atoms with van der Waals surface area (Å²) in [5.41, 5.74) is 0.794. The second-order valence-electron chi connectivity index (χ2n) is 8.69. The summed E-state index contributed by atoms with van der Waals surface area (Å²) in [7, 11) is 0. The number of ether oxygens (including phenoxy) is 1. The van der Waals surface area contributed by atoms with E-state index in [0.717, 1.165) is 6.54 Å². The van der Waals surface area contributed by atoms with Gasteiger partial charge in [-0.25, -0.2) is 4.39 Å². The number of nitrogens with one attached hydrogen (secondary N) is 1. The first-order chi connectivity index (χ1) is 10.8. The molecule has 1 aliphatic heterocycles. The molecule has 2 fully saturated rings. The van der Waals surface area contributed by atoms with Crippen LogP contribution in [0, 0.1) is 16.6 Å². The molecular weight excluding hydrogens is 293 g/mol. The molecule has 0 radical (unpaired) electrons. The van der Waals surface area contributed by atoms with Gasteiger partial charge in [-0.1, -0.05) is 32.9 Å². The lowest BCUT2D eigenvalue weighted by Gasteiger charge is -2.37.